The molecule has 0 fully saturated rings. The van der Waals surface area contributed by atoms with Gasteiger partial charge in [0.1, 0.15) is 5.75 Å². The predicted octanol–water partition coefficient (Wildman–Crippen LogP) is -0.104. The molecule has 0 radical (unpaired) electrons. The fourth-order valence-corrected chi connectivity index (χ4v) is 3.52. The lowest BCUT2D eigenvalue weighted by atomic mass is 10.2. The summed E-state index contributed by atoms with van der Waals surface area (Å²) in [6, 6.07) is 4.43. The van der Waals surface area contributed by atoms with E-state index in [-0.39, 0.29) is 23.7 Å². The number of amides is 1. The van der Waals surface area contributed by atoms with Crippen molar-refractivity contribution >= 4 is 21.7 Å². The molecule has 0 saturated heterocycles. The quantitative estimate of drug-likeness (QED) is 0.726. The standard InChI is InChI=1S/C12H13NO6S/c1-19-9-2-3-10-8(6-9)7-13(11(14)12(15)16)4-5-20(10,17)18/h2-3,6H,4-5,7H2,1H3,(H,15,16). The number of rotatable bonds is 1. The average molecular weight is 299 g/mol. The number of benzene rings is 1. The van der Waals surface area contributed by atoms with Crippen molar-refractivity contribution in [3.63, 3.8) is 0 Å². The van der Waals surface area contributed by atoms with Crippen LogP contribution < -0.4 is 4.74 Å². The maximum atomic E-state index is 12.1. The molecule has 1 aromatic carbocycles. The number of carboxylic acids is 1. The van der Waals surface area contributed by atoms with Gasteiger partial charge in [-0.1, -0.05) is 0 Å². The molecule has 0 bridgehead atoms. The normalized spacial score (nSPS) is 16.9. The molecule has 108 valence electrons. The molecule has 0 atom stereocenters. The molecule has 0 aromatic heterocycles. The summed E-state index contributed by atoms with van der Waals surface area (Å²) in [5.41, 5.74) is 0.358. The summed E-state index contributed by atoms with van der Waals surface area (Å²) >= 11 is 0. The first-order valence-corrected chi connectivity index (χ1v) is 7.42. The highest BCUT2D eigenvalue weighted by molar-refractivity contribution is 7.91. The van der Waals surface area contributed by atoms with Crippen molar-refractivity contribution in [1.82, 2.24) is 4.90 Å². The number of methoxy groups -OCH3 is 1. The second-order valence-corrected chi connectivity index (χ2v) is 6.40. The molecule has 0 spiro atoms. The second kappa shape index (κ2) is 5.12. The highest BCUT2D eigenvalue weighted by atomic mass is 32.2. The van der Waals surface area contributed by atoms with Crippen LogP contribution in [0, 0.1) is 0 Å². The van der Waals surface area contributed by atoms with Gasteiger partial charge in [0.25, 0.3) is 0 Å². The van der Waals surface area contributed by atoms with Gasteiger partial charge in [-0.2, -0.15) is 0 Å². The Labute approximate surface area is 115 Å². The van der Waals surface area contributed by atoms with E-state index in [9.17, 15) is 18.0 Å². The minimum atomic E-state index is -3.54. The van der Waals surface area contributed by atoms with Crippen LogP contribution >= 0.6 is 0 Å². The Morgan fingerprint density at radius 3 is 2.65 bits per heavy atom. The molecule has 1 aliphatic heterocycles. The van der Waals surface area contributed by atoms with E-state index in [1.54, 1.807) is 0 Å². The topological polar surface area (TPSA) is 101 Å². The number of nitrogens with zero attached hydrogens (tertiary/aromatic N) is 1. The molecule has 1 aromatic rings. The van der Waals surface area contributed by atoms with Crippen molar-refractivity contribution in [2.45, 2.75) is 11.4 Å². The molecule has 8 heteroatoms. The molecule has 0 saturated carbocycles. The van der Waals surface area contributed by atoms with Gasteiger partial charge >= 0.3 is 11.9 Å². The SMILES string of the molecule is COc1ccc2c(c1)CN(C(=O)C(=O)O)CCS2(=O)=O. The Balaban J connectivity index is 2.48. The smallest absolute Gasteiger partial charge is 0.394 e. The lowest BCUT2D eigenvalue weighted by molar-refractivity contribution is -0.156. The van der Waals surface area contributed by atoms with Gasteiger partial charge in [-0.25, -0.2) is 13.2 Å². The number of sulfone groups is 1. The van der Waals surface area contributed by atoms with Crippen molar-refractivity contribution in [2.24, 2.45) is 0 Å². The van der Waals surface area contributed by atoms with Crippen LogP contribution in [0.3, 0.4) is 0 Å². The number of ether oxygens (including phenoxy) is 1. The Bertz CT molecular complexity index is 667. The zero-order valence-corrected chi connectivity index (χ0v) is 11.5. The van der Waals surface area contributed by atoms with Gasteiger partial charge in [0.2, 0.25) is 0 Å². The van der Waals surface area contributed by atoms with Gasteiger partial charge < -0.3 is 14.7 Å². The van der Waals surface area contributed by atoms with Crippen molar-refractivity contribution in [2.75, 3.05) is 19.4 Å². The van der Waals surface area contributed by atoms with Gasteiger partial charge in [0, 0.05) is 13.1 Å². The largest absolute Gasteiger partial charge is 0.497 e. The lowest BCUT2D eigenvalue weighted by Gasteiger charge is -2.17. The first-order valence-electron chi connectivity index (χ1n) is 5.77. The van der Waals surface area contributed by atoms with Crippen molar-refractivity contribution in [1.29, 1.82) is 0 Å². The molecule has 1 amide bonds. The van der Waals surface area contributed by atoms with E-state index in [1.165, 1.54) is 25.3 Å². The minimum Gasteiger partial charge on any atom is -0.497 e. The number of hydrogen-bond donors (Lipinski definition) is 1. The predicted molar refractivity (Wildman–Crippen MR) is 68.1 cm³/mol. The van der Waals surface area contributed by atoms with Crippen molar-refractivity contribution in [3.8, 4) is 5.75 Å². The fourth-order valence-electron chi connectivity index (χ4n) is 2.04. The van der Waals surface area contributed by atoms with Crippen LogP contribution in [-0.4, -0.2) is 49.7 Å². The third-order valence-electron chi connectivity index (χ3n) is 3.06. The Morgan fingerprint density at radius 1 is 1.35 bits per heavy atom. The number of aliphatic carboxylic acids is 1. The minimum absolute atomic E-state index is 0.0725. The summed E-state index contributed by atoms with van der Waals surface area (Å²) in [5, 5.41) is 8.74. The third kappa shape index (κ3) is 2.60. The van der Waals surface area contributed by atoms with Crippen LogP contribution in [0.5, 0.6) is 5.75 Å². The summed E-state index contributed by atoms with van der Waals surface area (Å²) < 4.78 is 29.2. The van der Waals surface area contributed by atoms with Gasteiger partial charge in [-0.3, -0.25) is 4.79 Å². The molecule has 0 unspecified atom stereocenters. The van der Waals surface area contributed by atoms with Crippen molar-refractivity contribution < 1.29 is 27.9 Å². The maximum absolute atomic E-state index is 12.1. The summed E-state index contributed by atoms with van der Waals surface area (Å²) in [4.78, 5) is 23.4. The van der Waals surface area contributed by atoms with E-state index in [4.69, 9.17) is 9.84 Å². The van der Waals surface area contributed by atoms with Crippen LogP contribution in [0.4, 0.5) is 0 Å². The van der Waals surface area contributed by atoms with Crippen LogP contribution in [0.25, 0.3) is 0 Å². The highest BCUT2D eigenvalue weighted by Crippen LogP contribution is 2.26. The van der Waals surface area contributed by atoms with Crippen molar-refractivity contribution in [3.05, 3.63) is 23.8 Å². The average Bonchev–Trinajstić information content (AvgIpc) is 2.54. The molecule has 20 heavy (non-hydrogen) atoms. The van der Waals surface area contributed by atoms with Crippen LogP contribution in [0.15, 0.2) is 23.1 Å². The molecule has 1 aliphatic rings. The zero-order chi connectivity index (χ0) is 14.9. The molecule has 1 N–H and O–H groups in total. The number of hydrogen-bond acceptors (Lipinski definition) is 5. The molecule has 2 rings (SSSR count). The van der Waals surface area contributed by atoms with Gasteiger partial charge in [-0.05, 0) is 23.8 Å². The highest BCUT2D eigenvalue weighted by Gasteiger charge is 2.30. The third-order valence-corrected chi connectivity index (χ3v) is 4.85. The lowest BCUT2D eigenvalue weighted by Crippen LogP contribution is -2.37. The second-order valence-electron chi connectivity index (χ2n) is 4.32. The van der Waals surface area contributed by atoms with E-state index >= 15 is 0 Å². The molecule has 1 heterocycles. The Kier molecular flexibility index (Phi) is 3.67. The molecule has 0 aliphatic carbocycles. The fraction of sp³-hybridized carbons (Fsp3) is 0.333. The summed E-state index contributed by atoms with van der Waals surface area (Å²) in [6.07, 6.45) is 0. The van der Waals surface area contributed by atoms with E-state index in [0.29, 0.717) is 11.3 Å². The van der Waals surface area contributed by atoms with Crippen LogP contribution in [0.2, 0.25) is 0 Å². The van der Waals surface area contributed by atoms with Gasteiger partial charge in [-0.15, -0.1) is 0 Å². The van der Waals surface area contributed by atoms with E-state index in [1.807, 2.05) is 0 Å². The van der Waals surface area contributed by atoms with E-state index in [2.05, 4.69) is 0 Å². The number of carbonyl (C=O) groups excluding carboxylic acids is 1. The number of fused-ring (bicyclic) bond motifs is 1. The summed E-state index contributed by atoms with van der Waals surface area (Å²) in [6.45, 7) is -0.221. The number of carbonyl (C=O) groups is 2. The summed E-state index contributed by atoms with van der Waals surface area (Å²) in [5.74, 6) is -2.57. The van der Waals surface area contributed by atoms with Gasteiger partial charge in [0.05, 0.1) is 17.8 Å². The Morgan fingerprint density at radius 2 is 2.05 bits per heavy atom. The van der Waals surface area contributed by atoms with Crippen LogP contribution in [-0.2, 0) is 26.0 Å². The summed E-state index contributed by atoms with van der Waals surface area (Å²) in [7, 11) is -2.10. The van der Waals surface area contributed by atoms with E-state index < -0.39 is 21.7 Å². The van der Waals surface area contributed by atoms with Gasteiger partial charge in [0.15, 0.2) is 9.84 Å². The maximum Gasteiger partial charge on any atom is 0.394 e. The molecular formula is C12H13NO6S. The molecule has 7 nitrogen and oxygen atoms in total. The van der Waals surface area contributed by atoms with Crippen LogP contribution in [0.1, 0.15) is 5.56 Å². The zero-order valence-electron chi connectivity index (χ0n) is 10.7. The monoisotopic (exact) mass is 299 g/mol. The number of carboxylic acid groups (broad SMARTS) is 1. The molecular weight excluding hydrogens is 286 g/mol. The Hall–Kier alpha value is -2.09. The van der Waals surface area contributed by atoms with E-state index in [0.717, 1.165) is 4.90 Å². The first kappa shape index (κ1) is 14.3. The first-order chi connectivity index (χ1) is 9.35.